The van der Waals surface area contributed by atoms with E-state index >= 15 is 0 Å². The van der Waals surface area contributed by atoms with E-state index in [0.29, 0.717) is 29.6 Å². The summed E-state index contributed by atoms with van der Waals surface area (Å²) in [6.45, 7) is 4.80. The molecule has 0 aromatic heterocycles. The maximum absolute atomic E-state index is 12.2. The molecule has 0 bridgehead atoms. The standard InChI is InChI=1S/C16H23NO5/c1-11(2)10-22-13-6-5-12(9-14(13)21-4)16(20)17(3)8-7-15(18)19/h5-6,9,11H,7-8,10H2,1-4H3,(H,18,19). The Morgan fingerprint density at radius 1 is 1.27 bits per heavy atom. The predicted molar refractivity (Wildman–Crippen MR) is 82.5 cm³/mol. The van der Waals surface area contributed by atoms with E-state index in [-0.39, 0.29) is 18.9 Å². The fourth-order valence-corrected chi connectivity index (χ4v) is 1.76. The van der Waals surface area contributed by atoms with Gasteiger partial charge in [0.1, 0.15) is 0 Å². The molecule has 1 aromatic carbocycles. The molecule has 122 valence electrons. The maximum atomic E-state index is 12.2. The predicted octanol–water partition coefficient (Wildman–Crippen LogP) is 2.28. The summed E-state index contributed by atoms with van der Waals surface area (Å²) in [5.41, 5.74) is 0.432. The van der Waals surface area contributed by atoms with Gasteiger partial charge in [-0.3, -0.25) is 9.59 Å². The van der Waals surface area contributed by atoms with E-state index in [9.17, 15) is 9.59 Å². The number of nitrogens with zero attached hydrogens (tertiary/aromatic N) is 1. The van der Waals surface area contributed by atoms with Gasteiger partial charge in [0.15, 0.2) is 11.5 Å². The number of methoxy groups -OCH3 is 1. The van der Waals surface area contributed by atoms with Crippen molar-refractivity contribution >= 4 is 11.9 Å². The minimum atomic E-state index is -0.935. The zero-order chi connectivity index (χ0) is 16.7. The van der Waals surface area contributed by atoms with Crippen LogP contribution >= 0.6 is 0 Å². The van der Waals surface area contributed by atoms with Crippen LogP contribution in [-0.2, 0) is 4.79 Å². The summed E-state index contributed by atoms with van der Waals surface area (Å²) in [7, 11) is 3.08. The molecule has 22 heavy (non-hydrogen) atoms. The number of hydrogen-bond acceptors (Lipinski definition) is 4. The first-order valence-electron chi connectivity index (χ1n) is 7.13. The zero-order valence-electron chi connectivity index (χ0n) is 13.5. The number of ether oxygens (including phenoxy) is 2. The van der Waals surface area contributed by atoms with Gasteiger partial charge >= 0.3 is 5.97 Å². The van der Waals surface area contributed by atoms with Crippen molar-refractivity contribution in [1.82, 2.24) is 4.90 Å². The van der Waals surface area contributed by atoms with Crippen molar-refractivity contribution in [2.75, 3.05) is 27.3 Å². The maximum Gasteiger partial charge on any atom is 0.305 e. The van der Waals surface area contributed by atoms with Crippen LogP contribution in [0.15, 0.2) is 18.2 Å². The summed E-state index contributed by atoms with van der Waals surface area (Å²) >= 11 is 0. The molecule has 6 heteroatoms. The number of carboxylic acid groups (broad SMARTS) is 1. The molecular formula is C16H23NO5. The SMILES string of the molecule is COc1cc(C(=O)N(C)CCC(=O)O)ccc1OCC(C)C. The molecule has 1 N–H and O–H groups in total. The molecule has 0 unspecified atom stereocenters. The first-order valence-corrected chi connectivity index (χ1v) is 7.13. The summed E-state index contributed by atoms with van der Waals surface area (Å²) in [5, 5.41) is 8.66. The van der Waals surface area contributed by atoms with Crippen molar-refractivity contribution in [3.63, 3.8) is 0 Å². The molecule has 0 aliphatic carbocycles. The third kappa shape index (κ3) is 5.27. The largest absolute Gasteiger partial charge is 0.493 e. The van der Waals surface area contributed by atoms with Crippen molar-refractivity contribution in [3.05, 3.63) is 23.8 Å². The summed E-state index contributed by atoms with van der Waals surface area (Å²) in [4.78, 5) is 24.2. The van der Waals surface area contributed by atoms with Gasteiger partial charge in [-0.05, 0) is 24.1 Å². The summed E-state index contributed by atoms with van der Waals surface area (Å²) in [6, 6.07) is 4.95. The molecule has 0 aliphatic rings. The molecule has 0 saturated carbocycles. The first kappa shape index (κ1) is 17.8. The highest BCUT2D eigenvalue weighted by Gasteiger charge is 2.15. The fraction of sp³-hybridized carbons (Fsp3) is 0.500. The van der Waals surface area contributed by atoms with E-state index in [0.717, 1.165) is 0 Å². The molecular weight excluding hydrogens is 286 g/mol. The number of rotatable bonds is 8. The monoisotopic (exact) mass is 309 g/mol. The van der Waals surface area contributed by atoms with Crippen molar-refractivity contribution in [2.45, 2.75) is 20.3 Å². The zero-order valence-corrected chi connectivity index (χ0v) is 13.5. The molecule has 0 fully saturated rings. The molecule has 0 heterocycles. The number of aliphatic carboxylic acids is 1. The Kier molecular flexibility index (Phi) is 6.69. The first-order chi connectivity index (χ1) is 10.3. The van der Waals surface area contributed by atoms with Gasteiger partial charge in [-0.1, -0.05) is 13.8 Å². The lowest BCUT2D eigenvalue weighted by Crippen LogP contribution is -2.29. The topological polar surface area (TPSA) is 76.1 Å². The van der Waals surface area contributed by atoms with Crippen molar-refractivity contribution in [3.8, 4) is 11.5 Å². The molecule has 1 amide bonds. The molecule has 0 atom stereocenters. The summed E-state index contributed by atoms with van der Waals surface area (Å²) in [6.07, 6.45) is -0.0883. The van der Waals surface area contributed by atoms with Gasteiger partial charge in [-0.25, -0.2) is 0 Å². The molecule has 0 aliphatic heterocycles. The van der Waals surface area contributed by atoms with E-state index in [1.165, 1.54) is 12.0 Å². The number of benzene rings is 1. The van der Waals surface area contributed by atoms with Crippen molar-refractivity contribution in [1.29, 1.82) is 0 Å². The lowest BCUT2D eigenvalue weighted by molar-refractivity contribution is -0.137. The number of amides is 1. The highest BCUT2D eigenvalue weighted by molar-refractivity contribution is 5.94. The van der Waals surface area contributed by atoms with Gasteiger partial charge in [0, 0.05) is 19.2 Å². The Hall–Kier alpha value is -2.24. The normalized spacial score (nSPS) is 10.4. The van der Waals surface area contributed by atoms with E-state index in [1.54, 1.807) is 25.2 Å². The quantitative estimate of drug-likeness (QED) is 0.797. The Labute approximate surface area is 130 Å². The van der Waals surface area contributed by atoms with Crippen LogP contribution < -0.4 is 9.47 Å². The van der Waals surface area contributed by atoms with E-state index in [1.807, 2.05) is 13.8 Å². The van der Waals surface area contributed by atoms with Crippen LogP contribution in [0.2, 0.25) is 0 Å². The number of carboxylic acids is 1. The van der Waals surface area contributed by atoms with Crippen LogP contribution in [0.1, 0.15) is 30.6 Å². The van der Waals surface area contributed by atoms with Gasteiger partial charge in [0.25, 0.3) is 5.91 Å². The lowest BCUT2D eigenvalue weighted by Gasteiger charge is -2.18. The van der Waals surface area contributed by atoms with E-state index in [4.69, 9.17) is 14.6 Å². The third-order valence-electron chi connectivity index (χ3n) is 2.99. The van der Waals surface area contributed by atoms with Crippen LogP contribution in [0.3, 0.4) is 0 Å². The van der Waals surface area contributed by atoms with Gasteiger partial charge < -0.3 is 19.5 Å². The minimum Gasteiger partial charge on any atom is -0.493 e. The summed E-state index contributed by atoms with van der Waals surface area (Å²) < 4.78 is 10.9. The van der Waals surface area contributed by atoms with Gasteiger partial charge in [-0.2, -0.15) is 0 Å². The van der Waals surface area contributed by atoms with Crippen LogP contribution in [0, 0.1) is 5.92 Å². The molecule has 1 aromatic rings. The Bertz CT molecular complexity index is 527. The Balaban J connectivity index is 2.83. The van der Waals surface area contributed by atoms with Crippen molar-refractivity contribution in [2.24, 2.45) is 5.92 Å². The van der Waals surface area contributed by atoms with Gasteiger partial charge in [0.2, 0.25) is 0 Å². The molecule has 0 saturated heterocycles. The molecule has 0 radical (unpaired) electrons. The number of carbonyl (C=O) groups is 2. The van der Waals surface area contributed by atoms with Crippen LogP contribution in [0.5, 0.6) is 11.5 Å². The molecule has 6 nitrogen and oxygen atoms in total. The van der Waals surface area contributed by atoms with E-state index < -0.39 is 5.97 Å². The van der Waals surface area contributed by atoms with Crippen molar-refractivity contribution < 1.29 is 24.2 Å². The molecule has 1 rings (SSSR count). The highest BCUT2D eigenvalue weighted by Crippen LogP contribution is 2.28. The van der Waals surface area contributed by atoms with Crippen LogP contribution in [0.25, 0.3) is 0 Å². The lowest BCUT2D eigenvalue weighted by atomic mass is 10.1. The van der Waals surface area contributed by atoms with Crippen LogP contribution in [0.4, 0.5) is 0 Å². The second kappa shape index (κ2) is 8.26. The number of hydrogen-bond donors (Lipinski definition) is 1. The third-order valence-corrected chi connectivity index (χ3v) is 2.99. The second-order valence-corrected chi connectivity index (χ2v) is 5.44. The minimum absolute atomic E-state index is 0.0883. The van der Waals surface area contributed by atoms with Gasteiger partial charge in [0.05, 0.1) is 20.1 Å². The second-order valence-electron chi connectivity index (χ2n) is 5.44. The van der Waals surface area contributed by atoms with Gasteiger partial charge in [-0.15, -0.1) is 0 Å². The smallest absolute Gasteiger partial charge is 0.305 e. The van der Waals surface area contributed by atoms with E-state index in [2.05, 4.69) is 0 Å². The average molecular weight is 309 g/mol. The molecule has 0 spiro atoms. The number of carbonyl (C=O) groups excluding carboxylic acids is 1. The Morgan fingerprint density at radius 3 is 2.50 bits per heavy atom. The Morgan fingerprint density at radius 2 is 1.95 bits per heavy atom. The highest BCUT2D eigenvalue weighted by atomic mass is 16.5. The average Bonchev–Trinajstić information content (AvgIpc) is 2.49. The van der Waals surface area contributed by atoms with Crippen LogP contribution in [-0.4, -0.2) is 49.2 Å². The summed E-state index contributed by atoms with van der Waals surface area (Å²) in [5.74, 6) is 0.261. The fourth-order valence-electron chi connectivity index (χ4n) is 1.76.